The van der Waals surface area contributed by atoms with Crippen molar-refractivity contribution < 1.29 is 4.74 Å². The third-order valence-electron chi connectivity index (χ3n) is 3.48. The molecule has 2 rings (SSSR count). The molecule has 4 heteroatoms. The van der Waals surface area contributed by atoms with Gasteiger partial charge in [-0.1, -0.05) is 6.92 Å². The molecule has 0 bridgehead atoms. The van der Waals surface area contributed by atoms with Gasteiger partial charge in [0.2, 0.25) is 0 Å². The number of aryl methyl sites for hydroxylation is 1. The number of nitrogens with one attached hydrogen (secondary N) is 1. The number of rotatable bonds is 7. The molecule has 2 heterocycles. The van der Waals surface area contributed by atoms with Gasteiger partial charge in [-0.15, -0.1) is 0 Å². The fraction of sp³-hybridized carbons (Fsp3) is 0.667. The zero-order chi connectivity index (χ0) is 13.5. The Kier molecular flexibility index (Phi) is 5.61. The summed E-state index contributed by atoms with van der Waals surface area (Å²) in [6.45, 7) is 10.1. The van der Waals surface area contributed by atoms with Gasteiger partial charge in [0, 0.05) is 18.8 Å². The summed E-state index contributed by atoms with van der Waals surface area (Å²) in [5.74, 6) is 0.922. The van der Waals surface area contributed by atoms with Gasteiger partial charge in [-0.2, -0.15) is 0 Å². The molecule has 1 fully saturated rings. The quantitative estimate of drug-likeness (QED) is 0.816. The normalized spacial score (nSPS) is 15.9. The fourth-order valence-electron chi connectivity index (χ4n) is 2.39. The minimum absolute atomic E-state index is 0.754. The molecule has 0 radical (unpaired) electrons. The first-order valence-electron chi connectivity index (χ1n) is 7.32. The predicted octanol–water partition coefficient (Wildman–Crippen LogP) is 1.97. The lowest BCUT2D eigenvalue weighted by Crippen LogP contribution is -2.25. The van der Waals surface area contributed by atoms with E-state index in [0.717, 1.165) is 43.4 Å². The molecule has 1 aliphatic rings. The van der Waals surface area contributed by atoms with Crippen LogP contribution >= 0.6 is 0 Å². The monoisotopic (exact) mass is 263 g/mol. The average Bonchev–Trinajstić information content (AvgIpc) is 2.91. The van der Waals surface area contributed by atoms with Crippen LogP contribution in [-0.2, 0) is 6.54 Å². The summed E-state index contributed by atoms with van der Waals surface area (Å²) >= 11 is 0. The minimum Gasteiger partial charge on any atom is -0.490 e. The fourth-order valence-corrected chi connectivity index (χ4v) is 2.39. The van der Waals surface area contributed by atoms with Gasteiger partial charge in [-0.3, -0.25) is 9.88 Å². The predicted molar refractivity (Wildman–Crippen MR) is 77.5 cm³/mol. The van der Waals surface area contributed by atoms with Crippen LogP contribution in [0, 0.1) is 6.92 Å². The van der Waals surface area contributed by atoms with Crippen LogP contribution in [0.15, 0.2) is 12.1 Å². The van der Waals surface area contributed by atoms with Gasteiger partial charge < -0.3 is 10.1 Å². The number of nitrogens with zero attached hydrogens (tertiary/aromatic N) is 2. The van der Waals surface area contributed by atoms with Gasteiger partial charge in [-0.25, -0.2) is 0 Å². The van der Waals surface area contributed by atoms with E-state index in [4.69, 9.17) is 4.74 Å². The van der Waals surface area contributed by atoms with Crippen LogP contribution in [0.3, 0.4) is 0 Å². The summed E-state index contributed by atoms with van der Waals surface area (Å²) in [7, 11) is 0. The second-order valence-electron chi connectivity index (χ2n) is 5.08. The summed E-state index contributed by atoms with van der Waals surface area (Å²) in [6.07, 6.45) is 2.66. The highest BCUT2D eigenvalue weighted by Gasteiger charge is 2.11. The topological polar surface area (TPSA) is 37.4 Å². The Bertz CT molecular complexity index is 389. The van der Waals surface area contributed by atoms with Gasteiger partial charge in [0.05, 0.1) is 5.69 Å². The number of likely N-dealkylation sites (tertiary alicyclic amines) is 1. The highest BCUT2D eigenvalue weighted by Crippen LogP contribution is 2.17. The summed E-state index contributed by atoms with van der Waals surface area (Å²) in [5, 5.41) is 3.31. The van der Waals surface area contributed by atoms with Gasteiger partial charge in [0.25, 0.3) is 0 Å². The van der Waals surface area contributed by atoms with E-state index >= 15 is 0 Å². The molecule has 0 amide bonds. The van der Waals surface area contributed by atoms with Crippen molar-refractivity contribution in [2.24, 2.45) is 0 Å². The molecule has 0 unspecified atom stereocenters. The molecule has 106 valence electrons. The van der Waals surface area contributed by atoms with Crippen molar-refractivity contribution in [3.8, 4) is 5.75 Å². The van der Waals surface area contributed by atoms with Crippen molar-refractivity contribution in [2.75, 3.05) is 32.8 Å². The Labute approximate surface area is 116 Å². The number of ether oxygens (including phenoxy) is 1. The molecule has 1 saturated heterocycles. The van der Waals surface area contributed by atoms with Crippen LogP contribution in [0.2, 0.25) is 0 Å². The number of aromatic nitrogens is 1. The van der Waals surface area contributed by atoms with E-state index in [1.807, 2.05) is 19.1 Å². The van der Waals surface area contributed by atoms with Crippen LogP contribution in [0.4, 0.5) is 0 Å². The molecule has 1 aromatic rings. The number of pyridine rings is 1. The SMILES string of the molecule is CCNCc1nc(C)ccc1OCCN1CCCC1. The summed E-state index contributed by atoms with van der Waals surface area (Å²) < 4.78 is 5.91. The maximum Gasteiger partial charge on any atom is 0.142 e. The van der Waals surface area contributed by atoms with E-state index in [9.17, 15) is 0 Å². The first-order valence-corrected chi connectivity index (χ1v) is 7.32. The maximum atomic E-state index is 5.91. The van der Waals surface area contributed by atoms with E-state index in [1.54, 1.807) is 0 Å². The molecule has 4 nitrogen and oxygen atoms in total. The summed E-state index contributed by atoms with van der Waals surface area (Å²) in [4.78, 5) is 7.02. The summed E-state index contributed by atoms with van der Waals surface area (Å²) in [5.41, 5.74) is 2.06. The first kappa shape index (κ1) is 14.3. The molecule has 1 N–H and O–H groups in total. The Morgan fingerprint density at radius 1 is 1.32 bits per heavy atom. The van der Waals surface area contributed by atoms with Crippen LogP contribution in [0.5, 0.6) is 5.75 Å². The number of hydrogen-bond donors (Lipinski definition) is 1. The molecule has 0 aliphatic carbocycles. The smallest absolute Gasteiger partial charge is 0.142 e. The molecular formula is C15H25N3O. The lowest BCUT2D eigenvalue weighted by molar-refractivity contribution is 0.235. The highest BCUT2D eigenvalue weighted by molar-refractivity contribution is 5.29. The van der Waals surface area contributed by atoms with Gasteiger partial charge in [-0.05, 0) is 51.5 Å². The van der Waals surface area contributed by atoms with Gasteiger partial charge in [0.15, 0.2) is 0 Å². The van der Waals surface area contributed by atoms with Crippen LogP contribution < -0.4 is 10.1 Å². The second-order valence-corrected chi connectivity index (χ2v) is 5.08. The zero-order valence-corrected chi connectivity index (χ0v) is 12.1. The van der Waals surface area contributed by atoms with Crippen LogP contribution in [-0.4, -0.2) is 42.7 Å². The molecule has 0 saturated carbocycles. The Hall–Kier alpha value is -1.13. The maximum absolute atomic E-state index is 5.91. The standard InChI is InChI=1S/C15H25N3O/c1-3-16-12-14-15(7-6-13(2)17-14)19-11-10-18-8-4-5-9-18/h6-7,16H,3-5,8-12H2,1-2H3. The lowest BCUT2D eigenvalue weighted by atomic mass is 10.3. The van der Waals surface area contributed by atoms with Crippen molar-refractivity contribution in [1.82, 2.24) is 15.2 Å². The van der Waals surface area contributed by atoms with Gasteiger partial charge in [0.1, 0.15) is 12.4 Å². The second kappa shape index (κ2) is 7.46. The minimum atomic E-state index is 0.754. The van der Waals surface area contributed by atoms with E-state index < -0.39 is 0 Å². The third kappa shape index (κ3) is 4.48. The molecule has 1 aromatic heterocycles. The zero-order valence-electron chi connectivity index (χ0n) is 12.1. The molecule has 0 spiro atoms. The molecule has 0 aromatic carbocycles. The van der Waals surface area contributed by atoms with Crippen molar-refractivity contribution >= 4 is 0 Å². The van der Waals surface area contributed by atoms with E-state index in [1.165, 1.54) is 25.9 Å². The average molecular weight is 263 g/mol. The van der Waals surface area contributed by atoms with E-state index in [-0.39, 0.29) is 0 Å². The molecule has 19 heavy (non-hydrogen) atoms. The number of hydrogen-bond acceptors (Lipinski definition) is 4. The Balaban J connectivity index is 1.86. The van der Waals surface area contributed by atoms with Crippen molar-refractivity contribution in [1.29, 1.82) is 0 Å². The lowest BCUT2D eigenvalue weighted by Gasteiger charge is -2.16. The Morgan fingerprint density at radius 3 is 2.84 bits per heavy atom. The summed E-state index contributed by atoms with van der Waals surface area (Å²) in [6, 6.07) is 4.06. The largest absolute Gasteiger partial charge is 0.490 e. The third-order valence-corrected chi connectivity index (χ3v) is 3.48. The van der Waals surface area contributed by atoms with Crippen molar-refractivity contribution in [3.05, 3.63) is 23.5 Å². The van der Waals surface area contributed by atoms with E-state index in [2.05, 4.69) is 22.1 Å². The highest BCUT2D eigenvalue weighted by atomic mass is 16.5. The Morgan fingerprint density at radius 2 is 2.11 bits per heavy atom. The van der Waals surface area contributed by atoms with Gasteiger partial charge >= 0.3 is 0 Å². The van der Waals surface area contributed by atoms with Crippen molar-refractivity contribution in [3.63, 3.8) is 0 Å². The van der Waals surface area contributed by atoms with E-state index in [0.29, 0.717) is 0 Å². The first-order chi connectivity index (χ1) is 9.29. The van der Waals surface area contributed by atoms with Crippen LogP contribution in [0.1, 0.15) is 31.2 Å². The molecule has 0 atom stereocenters. The molecular weight excluding hydrogens is 238 g/mol. The van der Waals surface area contributed by atoms with Crippen LogP contribution in [0.25, 0.3) is 0 Å². The van der Waals surface area contributed by atoms with Crippen molar-refractivity contribution in [2.45, 2.75) is 33.2 Å². The molecule has 1 aliphatic heterocycles.